The van der Waals surface area contributed by atoms with Gasteiger partial charge in [0.1, 0.15) is 0 Å². The Bertz CT molecular complexity index is 485. The molecule has 0 aliphatic rings. The van der Waals surface area contributed by atoms with Gasteiger partial charge >= 0.3 is 0 Å². The predicted octanol–water partition coefficient (Wildman–Crippen LogP) is -0.790. The third-order valence-electron chi connectivity index (χ3n) is 4.21. The van der Waals surface area contributed by atoms with Crippen LogP contribution < -0.4 is 16.0 Å². The Kier molecular flexibility index (Phi) is 26.1. The summed E-state index contributed by atoms with van der Waals surface area (Å²) in [5, 5.41) is 8.29. The van der Waals surface area contributed by atoms with Crippen molar-refractivity contribution in [3.8, 4) is 0 Å². The van der Waals surface area contributed by atoms with Gasteiger partial charge in [0.15, 0.2) is 0 Å². The van der Waals surface area contributed by atoms with Crippen LogP contribution in [0.1, 0.15) is 13.8 Å². The molecule has 0 aliphatic heterocycles. The molecular formula is C23H47N3O9. The Hall–Kier alpha value is -1.38. The molecule has 3 N–H and O–H groups in total. The molecule has 0 fully saturated rings. The van der Waals surface area contributed by atoms with Crippen molar-refractivity contribution in [1.82, 2.24) is 16.0 Å². The van der Waals surface area contributed by atoms with Crippen molar-refractivity contribution in [2.75, 3.05) is 119 Å². The molecule has 0 aromatic rings. The average Bonchev–Trinajstić information content (AvgIpc) is 2.84. The summed E-state index contributed by atoms with van der Waals surface area (Å²) < 4.78 is 37.8. The summed E-state index contributed by atoms with van der Waals surface area (Å²) in [7, 11) is 1.72. The summed E-state index contributed by atoms with van der Waals surface area (Å²) in [4.78, 5) is 22.5. The van der Waals surface area contributed by atoms with Gasteiger partial charge in [0.05, 0.1) is 99.0 Å². The van der Waals surface area contributed by atoms with Crippen LogP contribution in [0.2, 0.25) is 0 Å². The number of rotatable bonds is 27. The normalized spacial score (nSPS) is 11.2. The summed E-state index contributed by atoms with van der Waals surface area (Å²) in [5.74, 6) is -0.0306. The Labute approximate surface area is 210 Å². The summed E-state index contributed by atoms with van der Waals surface area (Å²) >= 11 is 0. The van der Waals surface area contributed by atoms with Gasteiger partial charge in [0.25, 0.3) is 0 Å². The van der Waals surface area contributed by atoms with E-state index < -0.39 is 0 Å². The van der Waals surface area contributed by atoms with Crippen LogP contribution in [0.4, 0.5) is 0 Å². The van der Waals surface area contributed by atoms with Crippen LogP contribution in [0.5, 0.6) is 0 Å². The van der Waals surface area contributed by atoms with Crippen LogP contribution in [0.3, 0.4) is 0 Å². The first kappa shape index (κ1) is 33.6. The lowest BCUT2D eigenvalue weighted by molar-refractivity contribution is -0.124. The highest BCUT2D eigenvalue weighted by atomic mass is 16.6. The highest BCUT2D eigenvalue weighted by molar-refractivity contribution is 5.78. The van der Waals surface area contributed by atoms with Crippen molar-refractivity contribution in [3.05, 3.63) is 0 Å². The number of ether oxygens (including phenoxy) is 7. The maximum atomic E-state index is 11.4. The molecular weight excluding hydrogens is 462 g/mol. The minimum atomic E-state index is -0.0496. The van der Waals surface area contributed by atoms with Gasteiger partial charge < -0.3 is 49.1 Å². The highest BCUT2D eigenvalue weighted by Crippen LogP contribution is 1.89. The van der Waals surface area contributed by atoms with Crippen LogP contribution in [0.15, 0.2) is 0 Å². The Morgan fingerprint density at radius 3 is 1.17 bits per heavy atom. The number of carbonyl (C=O) groups excluding carboxylic acids is 2. The molecule has 0 spiro atoms. The second-order valence-corrected chi connectivity index (χ2v) is 7.61. The van der Waals surface area contributed by atoms with Crippen molar-refractivity contribution in [3.63, 3.8) is 0 Å². The third kappa shape index (κ3) is 27.1. The van der Waals surface area contributed by atoms with Crippen molar-refractivity contribution in [2.45, 2.75) is 13.8 Å². The third-order valence-corrected chi connectivity index (χ3v) is 4.21. The molecule has 0 aromatic carbocycles. The molecule has 35 heavy (non-hydrogen) atoms. The van der Waals surface area contributed by atoms with Gasteiger partial charge in [0.2, 0.25) is 11.8 Å². The Morgan fingerprint density at radius 2 is 0.857 bits per heavy atom. The molecule has 0 saturated heterocycles. The number of hydrogen-bond acceptors (Lipinski definition) is 10. The van der Waals surface area contributed by atoms with E-state index in [0.29, 0.717) is 112 Å². The Morgan fingerprint density at radius 1 is 0.543 bits per heavy atom. The molecule has 0 bridgehead atoms. The van der Waals surface area contributed by atoms with Gasteiger partial charge in [-0.05, 0) is 7.05 Å². The van der Waals surface area contributed by atoms with Gasteiger partial charge in [-0.2, -0.15) is 0 Å². The molecule has 12 nitrogen and oxygen atoms in total. The Balaban J connectivity index is 3.09. The first-order chi connectivity index (χ1) is 17.1. The van der Waals surface area contributed by atoms with Gasteiger partial charge in [-0.15, -0.1) is 0 Å². The van der Waals surface area contributed by atoms with E-state index in [1.54, 1.807) is 7.05 Å². The molecule has 2 amide bonds. The van der Waals surface area contributed by atoms with E-state index in [0.717, 1.165) is 0 Å². The van der Waals surface area contributed by atoms with Crippen molar-refractivity contribution >= 4 is 11.8 Å². The van der Waals surface area contributed by atoms with Gasteiger partial charge in [0, 0.05) is 19.0 Å². The van der Waals surface area contributed by atoms with Crippen LogP contribution >= 0.6 is 0 Å². The van der Waals surface area contributed by atoms with E-state index in [4.69, 9.17) is 33.2 Å². The molecule has 0 atom stereocenters. The smallest absolute Gasteiger partial charge is 0.234 e. The fourth-order valence-electron chi connectivity index (χ4n) is 2.36. The average molecular weight is 510 g/mol. The maximum Gasteiger partial charge on any atom is 0.234 e. The second kappa shape index (κ2) is 27.2. The summed E-state index contributed by atoms with van der Waals surface area (Å²) in [6.07, 6.45) is 0. The standard InChI is InChI=1S/C23H47N3O9/c1-21(2)23(28)26-5-7-30-9-11-32-13-15-34-17-19-35-18-16-33-14-12-31-10-8-29-6-4-25-22(27)20-24-3/h21,24H,4-20H2,1-3H3,(H,25,27)(H,26,28). The summed E-state index contributed by atoms with van der Waals surface area (Å²) in [6, 6.07) is 0. The molecule has 0 rings (SSSR count). The van der Waals surface area contributed by atoms with E-state index in [-0.39, 0.29) is 17.7 Å². The number of amides is 2. The maximum absolute atomic E-state index is 11.4. The molecule has 12 heteroatoms. The fourth-order valence-corrected chi connectivity index (χ4v) is 2.36. The largest absolute Gasteiger partial charge is 0.377 e. The van der Waals surface area contributed by atoms with Crippen molar-refractivity contribution < 1.29 is 42.7 Å². The summed E-state index contributed by atoms with van der Waals surface area (Å²) in [5.41, 5.74) is 0. The number of likely N-dealkylation sites (N-methyl/N-ethyl adjacent to an activating group) is 1. The lowest BCUT2D eigenvalue weighted by Gasteiger charge is -2.09. The molecule has 0 aromatic heterocycles. The predicted molar refractivity (Wildman–Crippen MR) is 131 cm³/mol. The summed E-state index contributed by atoms with van der Waals surface area (Å²) in [6.45, 7) is 11.8. The zero-order valence-electron chi connectivity index (χ0n) is 21.8. The fraction of sp³-hybridized carbons (Fsp3) is 0.913. The quantitative estimate of drug-likeness (QED) is 0.121. The van der Waals surface area contributed by atoms with E-state index in [1.807, 2.05) is 13.8 Å². The van der Waals surface area contributed by atoms with Crippen molar-refractivity contribution in [2.24, 2.45) is 5.92 Å². The molecule has 0 aliphatic carbocycles. The molecule has 0 saturated carbocycles. The second-order valence-electron chi connectivity index (χ2n) is 7.61. The molecule has 208 valence electrons. The zero-order valence-corrected chi connectivity index (χ0v) is 21.8. The van der Waals surface area contributed by atoms with Crippen LogP contribution in [0.25, 0.3) is 0 Å². The van der Waals surface area contributed by atoms with Crippen LogP contribution in [-0.2, 0) is 42.7 Å². The van der Waals surface area contributed by atoms with Gasteiger partial charge in [-0.25, -0.2) is 0 Å². The van der Waals surface area contributed by atoms with Gasteiger partial charge in [-0.3, -0.25) is 9.59 Å². The number of hydrogen-bond donors (Lipinski definition) is 3. The SMILES string of the molecule is CNCC(=O)NCCOCCOCCOCCOCCOCCOCCOCCNC(=O)C(C)C. The topological polar surface area (TPSA) is 135 Å². The van der Waals surface area contributed by atoms with Crippen LogP contribution in [-0.4, -0.2) is 131 Å². The minimum absolute atomic E-state index is 0.0118. The molecule has 0 unspecified atom stereocenters. The monoisotopic (exact) mass is 509 g/mol. The van der Waals surface area contributed by atoms with E-state index >= 15 is 0 Å². The minimum Gasteiger partial charge on any atom is -0.377 e. The molecule has 0 heterocycles. The van der Waals surface area contributed by atoms with E-state index in [9.17, 15) is 9.59 Å². The van der Waals surface area contributed by atoms with E-state index in [1.165, 1.54) is 0 Å². The van der Waals surface area contributed by atoms with Gasteiger partial charge in [-0.1, -0.05) is 13.8 Å². The lowest BCUT2D eigenvalue weighted by atomic mass is 10.2. The first-order valence-corrected chi connectivity index (χ1v) is 12.3. The molecule has 0 radical (unpaired) electrons. The highest BCUT2D eigenvalue weighted by Gasteiger charge is 2.04. The van der Waals surface area contributed by atoms with Crippen LogP contribution in [0, 0.1) is 5.92 Å². The zero-order chi connectivity index (χ0) is 25.8. The number of carbonyl (C=O) groups is 2. The lowest BCUT2D eigenvalue weighted by Crippen LogP contribution is -2.34. The first-order valence-electron chi connectivity index (χ1n) is 12.3. The van der Waals surface area contributed by atoms with Crippen molar-refractivity contribution in [1.29, 1.82) is 0 Å². The number of nitrogens with one attached hydrogen (secondary N) is 3. The van der Waals surface area contributed by atoms with E-state index in [2.05, 4.69) is 16.0 Å².